The number of carbonyl (C=O) groups is 1. The summed E-state index contributed by atoms with van der Waals surface area (Å²) in [6, 6.07) is 0. The molecule has 0 aromatic carbocycles. The topological polar surface area (TPSA) is 35.5 Å². The van der Waals surface area contributed by atoms with Gasteiger partial charge in [-0.2, -0.15) is 0 Å². The molecule has 0 N–H and O–H groups in total. The Hall–Kier alpha value is -0.990. The number of carbonyl (C=O) groups excluding carboxylic acids is 1. The molecule has 14 heavy (non-hydrogen) atoms. The van der Waals surface area contributed by atoms with Gasteiger partial charge in [0.15, 0.2) is 0 Å². The Kier molecular flexibility index (Phi) is 7.99. The molecule has 0 saturated carbocycles. The molecule has 82 valence electrons. The molecule has 0 rings (SSSR count). The third-order valence-electron chi connectivity index (χ3n) is 2.02. The SMILES string of the molecule is CCCCCC/C(=C\C(=O)OC)OC. The van der Waals surface area contributed by atoms with E-state index in [4.69, 9.17) is 4.74 Å². The maximum atomic E-state index is 10.9. The summed E-state index contributed by atoms with van der Waals surface area (Å²) in [5.41, 5.74) is 0. The highest BCUT2D eigenvalue weighted by atomic mass is 16.5. The Morgan fingerprint density at radius 1 is 1.14 bits per heavy atom. The van der Waals surface area contributed by atoms with Crippen molar-refractivity contribution in [3.05, 3.63) is 11.8 Å². The summed E-state index contributed by atoms with van der Waals surface area (Å²) < 4.78 is 9.58. The van der Waals surface area contributed by atoms with Crippen LogP contribution in [0.1, 0.15) is 39.0 Å². The van der Waals surface area contributed by atoms with E-state index < -0.39 is 0 Å². The quantitative estimate of drug-likeness (QED) is 0.274. The maximum Gasteiger partial charge on any atom is 0.333 e. The number of methoxy groups -OCH3 is 2. The summed E-state index contributed by atoms with van der Waals surface area (Å²) in [7, 11) is 2.94. The van der Waals surface area contributed by atoms with Crippen LogP contribution in [0.25, 0.3) is 0 Å². The van der Waals surface area contributed by atoms with E-state index in [1.165, 1.54) is 32.4 Å². The van der Waals surface area contributed by atoms with Gasteiger partial charge in [0, 0.05) is 6.42 Å². The van der Waals surface area contributed by atoms with Gasteiger partial charge in [-0.3, -0.25) is 0 Å². The molecule has 0 aliphatic heterocycles. The summed E-state index contributed by atoms with van der Waals surface area (Å²) in [5, 5.41) is 0. The van der Waals surface area contributed by atoms with Crippen molar-refractivity contribution in [2.24, 2.45) is 0 Å². The van der Waals surface area contributed by atoms with Crippen LogP contribution in [0.15, 0.2) is 11.8 Å². The molecule has 0 heterocycles. The Morgan fingerprint density at radius 3 is 2.36 bits per heavy atom. The van der Waals surface area contributed by atoms with Crippen LogP contribution in [0.3, 0.4) is 0 Å². The van der Waals surface area contributed by atoms with Crippen molar-refractivity contribution in [1.29, 1.82) is 0 Å². The first kappa shape index (κ1) is 13.0. The van der Waals surface area contributed by atoms with Crippen LogP contribution < -0.4 is 0 Å². The van der Waals surface area contributed by atoms with Gasteiger partial charge < -0.3 is 9.47 Å². The number of esters is 1. The average Bonchev–Trinajstić information content (AvgIpc) is 2.22. The van der Waals surface area contributed by atoms with Crippen LogP contribution in [0, 0.1) is 0 Å². The molecule has 0 fully saturated rings. The molecular weight excluding hydrogens is 180 g/mol. The van der Waals surface area contributed by atoms with Crippen LogP contribution >= 0.6 is 0 Å². The van der Waals surface area contributed by atoms with Gasteiger partial charge in [0.05, 0.1) is 20.3 Å². The van der Waals surface area contributed by atoms with Crippen LogP contribution in [-0.2, 0) is 14.3 Å². The number of allylic oxidation sites excluding steroid dienone is 1. The summed E-state index contributed by atoms with van der Waals surface area (Å²) in [5.74, 6) is 0.352. The van der Waals surface area contributed by atoms with Crippen LogP contribution in [0.4, 0.5) is 0 Å². The zero-order chi connectivity index (χ0) is 10.8. The van der Waals surface area contributed by atoms with Crippen molar-refractivity contribution in [1.82, 2.24) is 0 Å². The molecule has 0 unspecified atom stereocenters. The fourth-order valence-corrected chi connectivity index (χ4v) is 1.15. The van der Waals surface area contributed by atoms with Crippen LogP contribution in [0.5, 0.6) is 0 Å². The average molecular weight is 200 g/mol. The van der Waals surface area contributed by atoms with Gasteiger partial charge in [0.1, 0.15) is 5.76 Å². The molecule has 0 saturated heterocycles. The lowest BCUT2D eigenvalue weighted by Gasteiger charge is -2.05. The highest BCUT2D eigenvalue weighted by Gasteiger charge is 2.01. The van der Waals surface area contributed by atoms with Crippen LogP contribution in [0.2, 0.25) is 0 Å². The first-order valence-electron chi connectivity index (χ1n) is 5.07. The molecule has 0 atom stereocenters. The second-order valence-electron chi connectivity index (χ2n) is 3.15. The highest BCUT2D eigenvalue weighted by molar-refractivity contribution is 5.82. The third kappa shape index (κ3) is 6.52. The molecule has 0 amide bonds. The van der Waals surface area contributed by atoms with Gasteiger partial charge >= 0.3 is 5.97 Å². The zero-order valence-electron chi connectivity index (χ0n) is 9.34. The molecule has 0 spiro atoms. The molecule has 0 aliphatic carbocycles. The van der Waals surface area contributed by atoms with Crippen molar-refractivity contribution < 1.29 is 14.3 Å². The van der Waals surface area contributed by atoms with Gasteiger partial charge in [0.25, 0.3) is 0 Å². The van der Waals surface area contributed by atoms with E-state index in [0.29, 0.717) is 5.76 Å². The van der Waals surface area contributed by atoms with E-state index in [2.05, 4.69) is 11.7 Å². The Labute approximate surface area is 86.1 Å². The largest absolute Gasteiger partial charge is 0.501 e. The van der Waals surface area contributed by atoms with Crippen molar-refractivity contribution >= 4 is 5.97 Å². The monoisotopic (exact) mass is 200 g/mol. The Morgan fingerprint density at radius 2 is 1.86 bits per heavy atom. The molecule has 0 aromatic rings. The van der Waals surface area contributed by atoms with Gasteiger partial charge in [-0.15, -0.1) is 0 Å². The van der Waals surface area contributed by atoms with E-state index in [1.54, 1.807) is 7.11 Å². The number of hydrogen-bond acceptors (Lipinski definition) is 3. The second kappa shape index (κ2) is 8.60. The van der Waals surface area contributed by atoms with Gasteiger partial charge in [0.2, 0.25) is 0 Å². The first-order chi connectivity index (χ1) is 6.74. The number of rotatable bonds is 7. The number of unbranched alkanes of at least 4 members (excludes halogenated alkanes) is 3. The Balaban J connectivity index is 3.78. The second-order valence-corrected chi connectivity index (χ2v) is 3.15. The normalized spacial score (nSPS) is 11.2. The summed E-state index contributed by atoms with van der Waals surface area (Å²) in [4.78, 5) is 10.9. The van der Waals surface area contributed by atoms with Gasteiger partial charge in [-0.05, 0) is 6.42 Å². The minimum absolute atomic E-state index is 0.350. The minimum Gasteiger partial charge on any atom is -0.501 e. The third-order valence-corrected chi connectivity index (χ3v) is 2.02. The van der Waals surface area contributed by atoms with Crippen LogP contribution in [-0.4, -0.2) is 20.2 Å². The first-order valence-corrected chi connectivity index (χ1v) is 5.07. The van der Waals surface area contributed by atoms with E-state index in [1.807, 2.05) is 0 Å². The highest BCUT2D eigenvalue weighted by Crippen LogP contribution is 2.10. The summed E-state index contributed by atoms with van der Waals surface area (Å²) >= 11 is 0. The number of ether oxygens (including phenoxy) is 2. The lowest BCUT2D eigenvalue weighted by molar-refractivity contribution is -0.135. The molecule has 0 radical (unpaired) electrons. The lowest BCUT2D eigenvalue weighted by atomic mass is 10.1. The number of hydrogen-bond donors (Lipinski definition) is 0. The molecule has 0 aromatic heterocycles. The van der Waals surface area contributed by atoms with E-state index in [9.17, 15) is 4.79 Å². The van der Waals surface area contributed by atoms with E-state index in [-0.39, 0.29) is 5.97 Å². The van der Waals surface area contributed by atoms with Crippen molar-refractivity contribution in [3.63, 3.8) is 0 Å². The predicted octanol–water partition coefficient (Wildman–Crippen LogP) is 2.66. The summed E-state index contributed by atoms with van der Waals surface area (Å²) in [6.45, 7) is 2.17. The molecule has 0 aliphatic rings. The smallest absolute Gasteiger partial charge is 0.333 e. The van der Waals surface area contributed by atoms with Crippen molar-refractivity contribution in [2.75, 3.05) is 14.2 Å². The predicted molar refractivity (Wildman–Crippen MR) is 55.9 cm³/mol. The molecule has 3 heteroatoms. The fourth-order valence-electron chi connectivity index (χ4n) is 1.15. The van der Waals surface area contributed by atoms with Gasteiger partial charge in [-0.25, -0.2) is 4.79 Å². The molecule has 3 nitrogen and oxygen atoms in total. The Bertz CT molecular complexity index is 185. The molecular formula is C11H20O3. The lowest BCUT2D eigenvalue weighted by Crippen LogP contribution is -1.98. The minimum atomic E-state index is -0.350. The summed E-state index contributed by atoms with van der Waals surface area (Å²) in [6.07, 6.45) is 6.90. The van der Waals surface area contributed by atoms with Crippen molar-refractivity contribution in [3.8, 4) is 0 Å². The van der Waals surface area contributed by atoms with Gasteiger partial charge in [-0.1, -0.05) is 26.2 Å². The fraction of sp³-hybridized carbons (Fsp3) is 0.727. The standard InChI is InChI=1S/C11H20O3/c1-4-5-6-7-8-10(13-2)9-11(12)14-3/h9H,4-8H2,1-3H3/b10-9+. The van der Waals surface area contributed by atoms with Crippen molar-refractivity contribution in [2.45, 2.75) is 39.0 Å². The molecule has 0 bridgehead atoms. The maximum absolute atomic E-state index is 10.9. The zero-order valence-corrected chi connectivity index (χ0v) is 9.34. The van der Waals surface area contributed by atoms with E-state index in [0.717, 1.165) is 12.8 Å². The van der Waals surface area contributed by atoms with E-state index >= 15 is 0 Å².